The van der Waals surface area contributed by atoms with Crippen LogP contribution < -0.4 is 4.90 Å². The maximum Gasteiger partial charge on any atom is 0.411 e. The number of anilines is 1. The number of hydrogen-bond acceptors (Lipinski definition) is 6. The van der Waals surface area contributed by atoms with Gasteiger partial charge in [0.15, 0.2) is 0 Å². The van der Waals surface area contributed by atoms with Gasteiger partial charge >= 0.3 is 12.1 Å². The third-order valence-corrected chi connectivity index (χ3v) is 4.41. The minimum Gasteiger partial charge on any atom is -0.480 e. The van der Waals surface area contributed by atoms with Crippen LogP contribution >= 0.6 is 15.9 Å². The van der Waals surface area contributed by atoms with Crippen LogP contribution in [0, 0.1) is 10.1 Å². The number of para-hydroxylation sites is 1. The van der Waals surface area contributed by atoms with Crippen molar-refractivity contribution < 1.29 is 24.4 Å². The summed E-state index contributed by atoms with van der Waals surface area (Å²) in [6, 6.07) is 3.37. The number of nitro benzene ring substituents is 1. The van der Waals surface area contributed by atoms with Crippen LogP contribution in [0.3, 0.4) is 0 Å². The van der Waals surface area contributed by atoms with E-state index in [-0.39, 0.29) is 25.3 Å². The summed E-state index contributed by atoms with van der Waals surface area (Å²) in [5, 5.41) is 20.9. The van der Waals surface area contributed by atoms with Crippen LogP contribution in [0.1, 0.15) is 20.8 Å². The van der Waals surface area contributed by atoms with Crippen molar-refractivity contribution in [2.24, 2.45) is 0 Å². The quantitative estimate of drug-likeness (QED) is 0.580. The molecule has 1 amide bonds. The minimum atomic E-state index is -1.20. The highest BCUT2D eigenvalue weighted by atomic mass is 79.9. The first-order valence-corrected chi connectivity index (χ1v) is 8.71. The van der Waals surface area contributed by atoms with Crippen LogP contribution in [0.25, 0.3) is 0 Å². The number of nitro groups is 1. The highest BCUT2D eigenvalue weighted by molar-refractivity contribution is 9.10. The van der Waals surface area contributed by atoms with E-state index in [1.807, 2.05) is 0 Å². The Morgan fingerprint density at radius 3 is 2.54 bits per heavy atom. The Bertz CT molecular complexity index is 733. The molecule has 0 saturated carbocycles. The highest BCUT2D eigenvalue weighted by Gasteiger charge is 2.39. The molecule has 0 spiro atoms. The summed E-state index contributed by atoms with van der Waals surface area (Å²) in [4.78, 5) is 37.6. The van der Waals surface area contributed by atoms with Gasteiger partial charge in [-0.2, -0.15) is 0 Å². The molecular formula is C16H20BrN3O6. The molecule has 0 aliphatic carbocycles. The summed E-state index contributed by atoms with van der Waals surface area (Å²) in [6.45, 7) is 5.32. The van der Waals surface area contributed by atoms with Crippen molar-refractivity contribution in [3.8, 4) is 0 Å². The Morgan fingerprint density at radius 1 is 1.35 bits per heavy atom. The van der Waals surface area contributed by atoms with Gasteiger partial charge in [0.1, 0.15) is 17.3 Å². The molecule has 1 aliphatic heterocycles. The normalized spacial score (nSPS) is 17.8. The molecule has 9 nitrogen and oxygen atoms in total. The Kier molecular flexibility index (Phi) is 5.74. The van der Waals surface area contributed by atoms with E-state index in [1.165, 1.54) is 12.1 Å². The molecule has 1 fully saturated rings. The summed E-state index contributed by atoms with van der Waals surface area (Å²) in [5.41, 5.74) is -0.583. The van der Waals surface area contributed by atoms with Gasteiger partial charge in [-0.15, -0.1) is 0 Å². The zero-order valence-electron chi connectivity index (χ0n) is 14.6. The lowest BCUT2D eigenvalue weighted by atomic mass is 10.1. The predicted molar refractivity (Wildman–Crippen MR) is 97.4 cm³/mol. The van der Waals surface area contributed by atoms with Gasteiger partial charge in [0, 0.05) is 30.2 Å². The van der Waals surface area contributed by atoms with E-state index >= 15 is 0 Å². The highest BCUT2D eigenvalue weighted by Crippen LogP contribution is 2.36. The first-order valence-electron chi connectivity index (χ1n) is 7.91. The number of carboxylic acids is 1. The second-order valence-electron chi connectivity index (χ2n) is 6.84. The average Bonchev–Trinajstić information content (AvgIpc) is 2.52. The number of ether oxygens (including phenoxy) is 1. The van der Waals surface area contributed by atoms with Gasteiger partial charge in [0.2, 0.25) is 0 Å². The molecular weight excluding hydrogens is 410 g/mol. The van der Waals surface area contributed by atoms with Crippen LogP contribution in [0.4, 0.5) is 16.2 Å². The summed E-state index contributed by atoms with van der Waals surface area (Å²) >= 11 is 3.29. The van der Waals surface area contributed by atoms with Gasteiger partial charge in [0.25, 0.3) is 5.69 Å². The number of carbonyl (C=O) groups excluding carboxylic acids is 1. The van der Waals surface area contributed by atoms with E-state index < -0.39 is 28.6 Å². The molecule has 0 aromatic heterocycles. The molecule has 0 radical (unpaired) electrons. The fraction of sp³-hybridized carbons (Fsp3) is 0.500. The topological polar surface area (TPSA) is 113 Å². The molecule has 142 valence electrons. The number of piperazine rings is 1. The number of benzene rings is 1. The lowest BCUT2D eigenvalue weighted by Gasteiger charge is -2.40. The zero-order chi connectivity index (χ0) is 19.6. The Hall–Kier alpha value is -2.36. The molecule has 10 heteroatoms. The van der Waals surface area contributed by atoms with Crippen molar-refractivity contribution >= 4 is 39.4 Å². The number of amides is 1. The van der Waals surface area contributed by atoms with Crippen LogP contribution in [0.2, 0.25) is 0 Å². The van der Waals surface area contributed by atoms with Crippen molar-refractivity contribution in [1.82, 2.24) is 4.90 Å². The molecule has 0 unspecified atom stereocenters. The van der Waals surface area contributed by atoms with E-state index in [2.05, 4.69) is 15.9 Å². The minimum absolute atomic E-state index is 0.0738. The van der Waals surface area contributed by atoms with Gasteiger partial charge in [-0.05, 0) is 42.8 Å². The van der Waals surface area contributed by atoms with Crippen molar-refractivity contribution in [2.45, 2.75) is 32.4 Å². The Balaban J connectivity index is 2.30. The summed E-state index contributed by atoms with van der Waals surface area (Å²) in [6.07, 6.45) is -0.717. The molecule has 1 aliphatic rings. The van der Waals surface area contributed by atoms with Crippen LogP contribution in [0.5, 0.6) is 0 Å². The average molecular weight is 430 g/mol. The lowest BCUT2D eigenvalue weighted by Crippen LogP contribution is -2.59. The second-order valence-corrected chi connectivity index (χ2v) is 7.69. The number of carboxylic acid groups (broad SMARTS) is 1. The van der Waals surface area contributed by atoms with Gasteiger partial charge in [0.05, 0.1) is 4.92 Å². The van der Waals surface area contributed by atoms with Gasteiger partial charge in [-0.1, -0.05) is 6.07 Å². The molecule has 1 aromatic carbocycles. The second kappa shape index (κ2) is 7.48. The van der Waals surface area contributed by atoms with E-state index in [1.54, 1.807) is 31.7 Å². The monoisotopic (exact) mass is 429 g/mol. The van der Waals surface area contributed by atoms with E-state index in [4.69, 9.17) is 4.74 Å². The maximum absolute atomic E-state index is 12.3. The van der Waals surface area contributed by atoms with Crippen molar-refractivity contribution in [2.75, 3.05) is 24.5 Å². The number of aliphatic carboxylic acids is 1. The fourth-order valence-electron chi connectivity index (χ4n) is 2.70. The number of nitrogens with zero attached hydrogens (tertiary/aromatic N) is 3. The molecule has 1 saturated heterocycles. The number of rotatable bonds is 3. The molecule has 1 N–H and O–H groups in total. The molecule has 1 heterocycles. The SMILES string of the molecule is CC(C)(C)OC(=O)N1CCN(c2c(Br)cccc2[N+](=O)[O-])C[C@H]1C(=O)O. The number of carbonyl (C=O) groups is 2. The van der Waals surface area contributed by atoms with Crippen LogP contribution in [-0.4, -0.2) is 58.3 Å². The Labute approximate surface area is 158 Å². The summed E-state index contributed by atoms with van der Waals surface area (Å²) in [5.74, 6) is -1.20. The smallest absolute Gasteiger partial charge is 0.411 e. The number of hydrogen-bond donors (Lipinski definition) is 1. The van der Waals surface area contributed by atoms with Gasteiger partial charge in [-0.3, -0.25) is 15.0 Å². The van der Waals surface area contributed by atoms with Gasteiger partial charge < -0.3 is 14.7 Å². The van der Waals surface area contributed by atoms with E-state index in [9.17, 15) is 24.8 Å². The number of halogens is 1. The molecule has 1 atom stereocenters. The third-order valence-electron chi connectivity index (χ3n) is 3.77. The maximum atomic E-state index is 12.3. The first kappa shape index (κ1) is 20.0. The largest absolute Gasteiger partial charge is 0.480 e. The fourth-order valence-corrected chi connectivity index (χ4v) is 3.31. The van der Waals surface area contributed by atoms with E-state index in [0.29, 0.717) is 10.2 Å². The van der Waals surface area contributed by atoms with Crippen LogP contribution in [0.15, 0.2) is 22.7 Å². The molecule has 0 bridgehead atoms. The van der Waals surface area contributed by atoms with E-state index in [0.717, 1.165) is 4.90 Å². The summed E-state index contributed by atoms with van der Waals surface area (Å²) in [7, 11) is 0. The van der Waals surface area contributed by atoms with Gasteiger partial charge in [-0.25, -0.2) is 9.59 Å². The molecule has 1 aromatic rings. The summed E-state index contributed by atoms with van der Waals surface area (Å²) < 4.78 is 5.76. The first-order chi connectivity index (χ1) is 12.0. The molecule has 2 rings (SSSR count). The standard InChI is InChI=1S/C16H20BrN3O6/c1-16(2,3)26-15(23)19-8-7-18(9-12(19)14(21)22)13-10(17)5-4-6-11(13)20(24)25/h4-6,12H,7-9H2,1-3H3,(H,21,22)/t12-/m0/s1. The van der Waals surface area contributed by atoms with Crippen LogP contribution in [-0.2, 0) is 9.53 Å². The van der Waals surface area contributed by atoms with Crippen molar-refractivity contribution in [1.29, 1.82) is 0 Å². The third kappa shape index (κ3) is 4.43. The zero-order valence-corrected chi connectivity index (χ0v) is 16.2. The van der Waals surface area contributed by atoms with Crippen molar-refractivity contribution in [3.05, 3.63) is 32.8 Å². The van der Waals surface area contributed by atoms with Crippen molar-refractivity contribution in [3.63, 3.8) is 0 Å². The molecule has 26 heavy (non-hydrogen) atoms. The Morgan fingerprint density at radius 2 is 2.00 bits per heavy atom. The lowest BCUT2D eigenvalue weighted by molar-refractivity contribution is -0.384. The predicted octanol–water partition coefficient (Wildman–Crippen LogP) is 2.87.